The SMILES string of the molecule is COCCNC(=O)[C@H](CC(C)C)NC(=O)c1n[nH]c2c1CNCC2. The molecule has 8 heteroatoms. The van der Waals surface area contributed by atoms with E-state index in [1.807, 2.05) is 13.8 Å². The van der Waals surface area contributed by atoms with E-state index in [2.05, 4.69) is 26.1 Å². The maximum atomic E-state index is 12.6. The van der Waals surface area contributed by atoms with Gasteiger partial charge < -0.3 is 20.7 Å². The molecule has 4 N–H and O–H groups in total. The highest BCUT2D eigenvalue weighted by molar-refractivity contribution is 5.97. The Morgan fingerprint density at radius 3 is 2.88 bits per heavy atom. The van der Waals surface area contributed by atoms with E-state index in [-0.39, 0.29) is 17.7 Å². The normalized spacial score (nSPS) is 15.0. The third kappa shape index (κ3) is 4.78. The number of methoxy groups -OCH3 is 1. The second-order valence-electron chi connectivity index (χ2n) is 6.40. The highest BCUT2D eigenvalue weighted by Crippen LogP contribution is 2.16. The van der Waals surface area contributed by atoms with Crippen LogP contribution in [-0.2, 0) is 22.5 Å². The number of H-pyrrole nitrogens is 1. The number of carbonyl (C=O) groups is 2. The maximum Gasteiger partial charge on any atom is 0.272 e. The van der Waals surface area contributed by atoms with Crippen LogP contribution in [0, 0.1) is 5.92 Å². The Bertz CT molecular complexity index is 570. The van der Waals surface area contributed by atoms with E-state index in [4.69, 9.17) is 4.74 Å². The molecule has 0 aromatic carbocycles. The summed E-state index contributed by atoms with van der Waals surface area (Å²) in [5, 5.41) is 15.9. The number of nitrogens with zero attached hydrogens (tertiary/aromatic N) is 1. The molecular weight excluding hydrogens is 310 g/mol. The summed E-state index contributed by atoms with van der Waals surface area (Å²) in [5.74, 6) is -0.237. The second-order valence-corrected chi connectivity index (χ2v) is 6.40. The average molecular weight is 337 g/mol. The summed E-state index contributed by atoms with van der Waals surface area (Å²) >= 11 is 0. The van der Waals surface area contributed by atoms with Crippen molar-refractivity contribution in [3.05, 3.63) is 17.0 Å². The first-order valence-corrected chi connectivity index (χ1v) is 8.37. The summed E-state index contributed by atoms with van der Waals surface area (Å²) in [7, 11) is 1.58. The lowest BCUT2D eigenvalue weighted by Crippen LogP contribution is -2.48. The molecule has 24 heavy (non-hydrogen) atoms. The van der Waals surface area contributed by atoms with Gasteiger partial charge in [0.2, 0.25) is 5.91 Å². The smallest absolute Gasteiger partial charge is 0.272 e. The molecule has 2 heterocycles. The molecule has 1 aliphatic rings. The minimum absolute atomic E-state index is 0.198. The quantitative estimate of drug-likeness (QED) is 0.498. The zero-order valence-corrected chi connectivity index (χ0v) is 14.6. The van der Waals surface area contributed by atoms with Gasteiger partial charge in [0, 0.05) is 44.4 Å². The van der Waals surface area contributed by atoms with Gasteiger partial charge in [-0.25, -0.2) is 0 Å². The molecular formula is C16H27N5O3. The van der Waals surface area contributed by atoms with Crippen LogP contribution in [0.4, 0.5) is 0 Å². The highest BCUT2D eigenvalue weighted by atomic mass is 16.5. The molecule has 134 valence electrons. The molecule has 1 atom stereocenters. The molecule has 0 unspecified atom stereocenters. The number of hydrogen-bond acceptors (Lipinski definition) is 5. The standard InChI is InChI=1S/C16H27N5O3/c1-10(2)8-13(15(22)18-6-7-24-3)19-16(23)14-11-9-17-5-4-12(11)20-21-14/h10,13,17H,4-9H2,1-3H3,(H,18,22)(H,19,23)(H,20,21)/t13-/m0/s1. The summed E-state index contributed by atoms with van der Waals surface area (Å²) in [6, 6.07) is -0.585. The molecule has 0 bridgehead atoms. The van der Waals surface area contributed by atoms with Gasteiger partial charge in [0.05, 0.1) is 6.61 Å². The molecule has 0 spiro atoms. The summed E-state index contributed by atoms with van der Waals surface area (Å²) in [6.07, 6.45) is 1.39. The van der Waals surface area contributed by atoms with E-state index in [0.717, 1.165) is 24.2 Å². The second kappa shape index (κ2) is 8.79. The summed E-state index contributed by atoms with van der Waals surface area (Å²) in [4.78, 5) is 24.9. The fourth-order valence-electron chi connectivity index (χ4n) is 2.74. The number of aromatic nitrogens is 2. The van der Waals surface area contributed by atoms with Crippen LogP contribution in [0.25, 0.3) is 0 Å². The Kier molecular flexibility index (Phi) is 6.74. The first kappa shape index (κ1) is 18.4. The van der Waals surface area contributed by atoms with Gasteiger partial charge in [0.15, 0.2) is 5.69 Å². The fourth-order valence-corrected chi connectivity index (χ4v) is 2.74. The number of rotatable bonds is 8. The molecule has 0 saturated heterocycles. The lowest BCUT2D eigenvalue weighted by Gasteiger charge is -2.20. The maximum absolute atomic E-state index is 12.6. The van der Waals surface area contributed by atoms with Crippen LogP contribution in [0.15, 0.2) is 0 Å². The van der Waals surface area contributed by atoms with Crippen molar-refractivity contribution >= 4 is 11.8 Å². The van der Waals surface area contributed by atoms with E-state index in [1.165, 1.54) is 0 Å². The molecule has 0 fully saturated rings. The number of ether oxygens (including phenoxy) is 1. The van der Waals surface area contributed by atoms with Crippen LogP contribution in [0.1, 0.15) is 42.0 Å². The van der Waals surface area contributed by atoms with Crippen LogP contribution in [0.3, 0.4) is 0 Å². The van der Waals surface area contributed by atoms with Gasteiger partial charge in [-0.15, -0.1) is 0 Å². The van der Waals surface area contributed by atoms with Crippen molar-refractivity contribution in [1.82, 2.24) is 26.1 Å². The minimum atomic E-state index is -0.585. The number of hydrogen-bond donors (Lipinski definition) is 4. The first-order valence-electron chi connectivity index (χ1n) is 8.37. The van der Waals surface area contributed by atoms with Gasteiger partial charge in [0.25, 0.3) is 5.91 Å². The van der Waals surface area contributed by atoms with Crippen molar-refractivity contribution < 1.29 is 14.3 Å². The summed E-state index contributed by atoms with van der Waals surface area (Å²) in [6.45, 7) is 6.37. The van der Waals surface area contributed by atoms with Gasteiger partial charge in [-0.2, -0.15) is 5.10 Å². The van der Waals surface area contributed by atoms with Gasteiger partial charge in [-0.05, 0) is 12.3 Å². The van der Waals surface area contributed by atoms with Gasteiger partial charge in [0.1, 0.15) is 6.04 Å². The lowest BCUT2D eigenvalue weighted by atomic mass is 10.0. The van der Waals surface area contributed by atoms with E-state index >= 15 is 0 Å². The van der Waals surface area contributed by atoms with Crippen LogP contribution >= 0.6 is 0 Å². The van der Waals surface area contributed by atoms with Crippen LogP contribution in [0.2, 0.25) is 0 Å². The van der Waals surface area contributed by atoms with E-state index < -0.39 is 6.04 Å². The van der Waals surface area contributed by atoms with Crippen molar-refractivity contribution in [2.24, 2.45) is 5.92 Å². The largest absolute Gasteiger partial charge is 0.383 e. The van der Waals surface area contributed by atoms with Gasteiger partial charge in [-0.1, -0.05) is 13.8 Å². The van der Waals surface area contributed by atoms with E-state index in [9.17, 15) is 9.59 Å². The Balaban J connectivity index is 2.03. The Morgan fingerprint density at radius 2 is 2.17 bits per heavy atom. The van der Waals surface area contributed by atoms with Crippen molar-refractivity contribution in [2.75, 3.05) is 26.8 Å². The topological polar surface area (TPSA) is 108 Å². The molecule has 8 nitrogen and oxygen atoms in total. The molecule has 1 aliphatic heterocycles. The van der Waals surface area contributed by atoms with Crippen molar-refractivity contribution in [2.45, 2.75) is 39.3 Å². The Hall–Kier alpha value is -1.93. The number of fused-ring (bicyclic) bond motifs is 1. The molecule has 0 saturated carbocycles. The zero-order chi connectivity index (χ0) is 17.5. The lowest BCUT2D eigenvalue weighted by molar-refractivity contribution is -0.123. The number of aromatic amines is 1. The van der Waals surface area contributed by atoms with E-state index in [1.54, 1.807) is 7.11 Å². The van der Waals surface area contributed by atoms with Crippen molar-refractivity contribution in [3.63, 3.8) is 0 Å². The summed E-state index contributed by atoms with van der Waals surface area (Å²) in [5.41, 5.74) is 2.25. The third-order valence-electron chi connectivity index (χ3n) is 3.96. The molecule has 0 radical (unpaired) electrons. The molecule has 2 amide bonds. The van der Waals surface area contributed by atoms with Crippen molar-refractivity contribution in [3.8, 4) is 0 Å². The average Bonchev–Trinajstić information content (AvgIpc) is 2.98. The Morgan fingerprint density at radius 1 is 1.38 bits per heavy atom. The van der Waals surface area contributed by atoms with Crippen molar-refractivity contribution in [1.29, 1.82) is 0 Å². The highest BCUT2D eigenvalue weighted by Gasteiger charge is 2.26. The number of nitrogens with one attached hydrogen (secondary N) is 4. The minimum Gasteiger partial charge on any atom is -0.383 e. The number of amides is 2. The monoisotopic (exact) mass is 337 g/mol. The summed E-state index contributed by atoms with van der Waals surface area (Å²) < 4.78 is 4.93. The van der Waals surface area contributed by atoms with Crippen LogP contribution < -0.4 is 16.0 Å². The van der Waals surface area contributed by atoms with Gasteiger partial charge >= 0.3 is 0 Å². The van der Waals surface area contributed by atoms with E-state index in [0.29, 0.717) is 31.8 Å². The fraction of sp³-hybridized carbons (Fsp3) is 0.688. The van der Waals surface area contributed by atoms with Crippen LogP contribution in [-0.4, -0.2) is 54.9 Å². The van der Waals surface area contributed by atoms with Gasteiger partial charge in [-0.3, -0.25) is 14.7 Å². The molecule has 0 aliphatic carbocycles. The molecule has 1 aromatic rings. The third-order valence-corrected chi connectivity index (χ3v) is 3.96. The zero-order valence-electron chi connectivity index (χ0n) is 14.6. The van der Waals surface area contributed by atoms with Crippen LogP contribution in [0.5, 0.6) is 0 Å². The number of carbonyl (C=O) groups excluding carboxylic acids is 2. The predicted octanol–water partition coefficient (Wildman–Crippen LogP) is -0.0375. The first-order chi connectivity index (χ1) is 11.5. The Labute approximate surface area is 142 Å². The molecule has 1 aromatic heterocycles. The molecule has 2 rings (SSSR count). The predicted molar refractivity (Wildman–Crippen MR) is 89.6 cm³/mol.